The van der Waals surface area contributed by atoms with E-state index >= 15 is 0 Å². The van der Waals surface area contributed by atoms with Gasteiger partial charge in [0, 0.05) is 31.5 Å². The number of aromatic amines is 1. The molecule has 0 saturated carbocycles. The zero-order chi connectivity index (χ0) is 29.9. The van der Waals surface area contributed by atoms with Crippen molar-refractivity contribution in [3.05, 3.63) is 33.1 Å². The van der Waals surface area contributed by atoms with Crippen LogP contribution in [-0.2, 0) is 36.9 Å². The molecule has 1 N–H and O–H groups in total. The molecule has 228 valence electrons. The molecule has 1 aliphatic heterocycles. The first-order valence-electron chi connectivity index (χ1n) is 13.2. The third-order valence-corrected chi connectivity index (χ3v) is 9.67. The molecular formula is C24H42N4O10P2. The Bertz CT molecular complexity index is 1090. The van der Waals surface area contributed by atoms with Crippen LogP contribution in [0.4, 0.5) is 0 Å². The molecule has 1 fully saturated rings. The number of nitrogens with one attached hydrogen (secondary N) is 1. The fourth-order valence-corrected chi connectivity index (χ4v) is 7.36. The molecule has 14 nitrogen and oxygen atoms in total. The van der Waals surface area contributed by atoms with E-state index < -0.39 is 51.9 Å². The van der Waals surface area contributed by atoms with Gasteiger partial charge >= 0.3 is 13.3 Å². The number of methoxy groups -OCH3 is 1. The highest BCUT2D eigenvalue weighted by Gasteiger charge is 2.50. The molecular weight excluding hydrogens is 566 g/mol. The van der Waals surface area contributed by atoms with Gasteiger partial charge in [-0.05, 0) is 41.5 Å². The molecule has 5 unspecified atom stereocenters. The molecule has 0 bridgehead atoms. The minimum atomic E-state index is -3.50. The Morgan fingerprint density at radius 2 is 1.82 bits per heavy atom. The molecule has 2 heterocycles. The lowest BCUT2D eigenvalue weighted by Gasteiger charge is -2.38. The van der Waals surface area contributed by atoms with Crippen LogP contribution in [-0.4, -0.2) is 84.5 Å². The fraction of sp³-hybridized carbons (Fsp3) is 0.792. The molecule has 1 saturated heterocycles. The van der Waals surface area contributed by atoms with Crippen molar-refractivity contribution >= 4 is 16.1 Å². The van der Waals surface area contributed by atoms with Gasteiger partial charge in [0.15, 0.2) is 6.23 Å². The van der Waals surface area contributed by atoms with E-state index in [-0.39, 0.29) is 51.3 Å². The molecule has 5 atom stereocenters. The number of nitriles is 1. The number of rotatable bonds is 18. The summed E-state index contributed by atoms with van der Waals surface area (Å²) in [6.07, 6.45) is -2.27. The highest BCUT2D eigenvalue weighted by atomic mass is 31.2. The summed E-state index contributed by atoms with van der Waals surface area (Å²) >= 11 is 0. The van der Waals surface area contributed by atoms with Crippen LogP contribution in [0.25, 0.3) is 0 Å². The summed E-state index contributed by atoms with van der Waals surface area (Å²) in [5.41, 5.74) is -1.24. The van der Waals surface area contributed by atoms with E-state index in [9.17, 15) is 14.2 Å². The zero-order valence-electron chi connectivity index (χ0n) is 24.2. The van der Waals surface area contributed by atoms with Crippen LogP contribution in [0.5, 0.6) is 0 Å². The number of aromatic nitrogens is 2. The van der Waals surface area contributed by atoms with Crippen molar-refractivity contribution in [3.8, 4) is 6.07 Å². The van der Waals surface area contributed by atoms with Crippen LogP contribution in [0.3, 0.4) is 0 Å². The van der Waals surface area contributed by atoms with Crippen molar-refractivity contribution in [1.29, 1.82) is 5.26 Å². The standard InChI is InChI=1S/C24H42N4O10P2/c1-8-35-40(31,36-9-2)16-33-15-19-21(38-39(34-14-10-12-25)28(17(3)4)18(5)6)22(32-7)23(37-19)27-13-11-20(29)26-24(27)30/h11,13,17-19,21-23H,8-10,14-16H2,1-7H3,(H,26,29,30). The second kappa shape index (κ2) is 16.8. The molecule has 0 aromatic carbocycles. The Kier molecular flexibility index (Phi) is 14.6. The quantitative estimate of drug-likeness (QED) is 0.191. The van der Waals surface area contributed by atoms with Gasteiger partial charge in [-0.1, -0.05) is 0 Å². The van der Waals surface area contributed by atoms with Gasteiger partial charge < -0.3 is 32.3 Å². The minimum Gasteiger partial charge on any atom is -0.374 e. The normalized spacial score (nSPS) is 22.3. The highest BCUT2D eigenvalue weighted by Crippen LogP contribution is 2.51. The summed E-state index contributed by atoms with van der Waals surface area (Å²) < 4.78 is 57.2. The van der Waals surface area contributed by atoms with Gasteiger partial charge in [-0.3, -0.25) is 18.9 Å². The average molecular weight is 609 g/mol. The molecule has 0 radical (unpaired) electrons. The highest BCUT2D eigenvalue weighted by molar-refractivity contribution is 7.53. The second-order valence-corrected chi connectivity index (χ2v) is 12.7. The number of H-pyrrole nitrogens is 1. The molecule has 16 heteroatoms. The van der Waals surface area contributed by atoms with E-state index in [2.05, 4.69) is 15.7 Å². The predicted molar refractivity (Wildman–Crippen MR) is 148 cm³/mol. The summed E-state index contributed by atoms with van der Waals surface area (Å²) in [4.78, 5) is 26.5. The summed E-state index contributed by atoms with van der Waals surface area (Å²) in [7, 11) is -3.76. The fourth-order valence-electron chi connectivity index (χ4n) is 4.26. The number of ether oxygens (including phenoxy) is 3. The van der Waals surface area contributed by atoms with Gasteiger partial charge in [0.25, 0.3) is 14.1 Å². The first-order chi connectivity index (χ1) is 19.0. The Morgan fingerprint density at radius 3 is 2.35 bits per heavy atom. The third-order valence-electron chi connectivity index (χ3n) is 5.74. The Morgan fingerprint density at radius 1 is 1.18 bits per heavy atom. The minimum absolute atomic E-state index is 0.0343. The van der Waals surface area contributed by atoms with E-state index in [0.29, 0.717) is 0 Å². The van der Waals surface area contributed by atoms with Gasteiger partial charge in [-0.15, -0.1) is 0 Å². The van der Waals surface area contributed by atoms with Crippen LogP contribution in [0, 0.1) is 11.3 Å². The lowest BCUT2D eigenvalue weighted by molar-refractivity contribution is -0.0693. The van der Waals surface area contributed by atoms with Gasteiger partial charge in [-0.2, -0.15) is 5.26 Å². The van der Waals surface area contributed by atoms with Crippen LogP contribution < -0.4 is 11.2 Å². The summed E-state index contributed by atoms with van der Waals surface area (Å²) in [5, 5.41) is 9.05. The van der Waals surface area contributed by atoms with Crippen LogP contribution in [0.15, 0.2) is 21.9 Å². The maximum Gasteiger partial charge on any atom is 0.356 e. The van der Waals surface area contributed by atoms with Crippen LogP contribution in [0.2, 0.25) is 0 Å². The number of hydrogen-bond donors (Lipinski definition) is 1. The lowest BCUT2D eigenvalue weighted by atomic mass is 10.1. The first-order valence-corrected chi connectivity index (χ1v) is 16.1. The molecule has 1 aromatic rings. The van der Waals surface area contributed by atoms with E-state index in [4.69, 9.17) is 37.6 Å². The molecule has 2 rings (SSSR count). The van der Waals surface area contributed by atoms with Crippen molar-refractivity contribution in [2.45, 2.75) is 84.6 Å². The maximum absolute atomic E-state index is 12.9. The Balaban J connectivity index is 2.42. The van der Waals surface area contributed by atoms with Gasteiger partial charge in [0.05, 0.1) is 38.9 Å². The zero-order valence-corrected chi connectivity index (χ0v) is 26.0. The summed E-state index contributed by atoms with van der Waals surface area (Å²) in [6.45, 7) is 11.8. The topological polar surface area (TPSA) is 164 Å². The van der Waals surface area contributed by atoms with Crippen LogP contribution in [0.1, 0.15) is 54.2 Å². The molecule has 0 spiro atoms. The largest absolute Gasteiger partial charge is 0.374 e. The molecule has 0 aliphatic carbocycles. The Hall–Kier alpha value is -1.49. The van der Waals surface area contributed by atoms with Crippen molar-refractivity contribution in [2.24, 2.45) is 0 Å². The van der Waals surface area contributed by atoms with Gasteiger partial charge in [0.2, 0.25) is 0 Å². The molecule has 1 aromatic heterocycles. The maximum atomic E-state index is 12.9. The molecule has 0 amide bonds. The van der Waals surface area contributed by atoms with Crippen molar-refractivity contribution in [2.75, 3.05) is 39.9 Å². The second-order valence-electron chi connectivity index (χ2n) is 9.35. The third kappa shape index (κ3) is 9.53. The van der Waals surface area contributed by atoms with E-state index in [1.807, 2.05) is 27.7 Å². The van der Waals surface area contributed by atoms with Crippen LogP contribution >= 0.6 is 16.1 Å². The predicted octanol–water partition coefficient (Wildman–Crippen LogP) is 3.35. The first kappa shape index (κ1) is 34.7. The molecule has 1 aliphatic rings. The van der Waals surface area contributed by atoms with Crippen molar-refractivity contribution in [3.63, 3.8) is 0 Å². The van der Waals surface area contributed by atoms with E-state index in [0.717, 1.165) is 0 Å². The Labute approximate surface area is 236 Å². The average Bonchev–Trinajstić information content (AvgIpc) is 3.20. The number of hydrogen-bond acceptors (Lipinski definition) is 12. The number of nitrogens with zero attached hydrogens (tertiary/aromatic N) is 3. The van der Waals surface area contributed by atoms with E-state index in [1.165, 1.54) is 23.9 Å². The summed E-state index contributed by atoms with van der Waals surface area (Å²) in [5.74, 6) is 0. The summed E-state index contributed by atoms with van der Waals surface area (Å²) in [6, 6.07) is 3.34. The van der Waals surface area contributed by atoms with E-state index in [1.54, 1.807) is 13.8 Å². The lowest BCUT2D eigenvalue weighted by Crippen LogP contribution is -2.42. The van der Waals surface area contributed by atoms with Gasteiger partial charge in [-0.25, -0.2) is 9.46 Å². The monoisotopic (exact) mass is 608 g/mol. The SMILES string of the molecule is CCOP(=O)(COCC1OC(n2ccc(=O)[nH]c2=O)C(OC)C1OP(OCCC#N)N(C(C)C)C(C)C)OCC. The van der Waals surface area contributed by atoms with Crippen molar-refractivity contribution in [1.82, 2.24) is 14.2 Å². The smallest absolute Gasteiger partial charge is 0.356 e. The van der Waals surface area contributed by atoms with Gasteiger partial charge in [0.1, 0.15) is 24.7 Å². The van der Waals surface area contributed by atoms with Crippen molar-refractivity contribution < 1.29 is 36.9 Å². The molecule has 40 heavy (non-hydrogen) atoms.